The van der Waals surface area contributed by atoms with Gasteiger partial charge in [-0.15, -0.1) is 0 Å². The molecule has 4 aromatic rings. The Bertz CT molecular complexity index is 1080. The van der Waals surface area contributed by atoms with Crippen molar-refractivity contribution in [2.75, 3.05) is 0 Å². The van der Waals surface area contributed by atoms with E-state index in [0.29, 0.717) is 5.56 Å². The lowest BCUT2D eigenvalue weighted by atomic mass is 9.96. The second-order valence-electron chi connectivity index (χ2n) is 6.03. The maximum absolute atomic E-state index is 9.47. The number of benzene rings is 3. The minimum atomic E-state index is 0.666. The first-order valence-corrected chi connectivity index (χ1v) is 8.46. The summed E-state index contributed by atoms with van der Waals surface area (Å²) in [6.45, 7) is 0. The van der Waals surface area contributed by atoms with Crippen LogP contribution in [0.25, 0.3) is 33.5 Å². The average molecular weight is 332 g/mol. The molecule has 0 unspecified atom stereocenters. The van der Waals surface area contributed by atoms with Gasteiger partial charge >= 0.3 is 0 Å². The van der Waals surface area contributed by atoms with E-state index >= 15 is 0 Å². The van der Waals surface area contributed by atoms with Crippen molar-refractivity contribution in [3.63, 3.8) is 0 Å². The van der Waals surface area contributed by atoms with Gasteiger partial charge in [0.05, 0.1) is 17.3 Å². The van der Waals surface area contributed by atoms with Crippen LogP contribution in [-0.4, -0.2) is 4.98 Å². The van der Waals surface area contributed by atoms with Gasteiger partial charge in [0.25, 0.3) is 0 Å². The second kappa shape index (κ2) is 7.04. The Morgan fingerprint density at radius 1 is 0.615 bits per heavy atom. The zero-order valence-electron chi connectivity index (χ0n) is 14.1. The Hall–Kier alpha value is -3.70. The normalized spacial score (nSPS) is 10.3. The molecule has 26 heavy (non-hydrogen) atoms. The lowest BCUT2D eigenvalue weighted by Gasteiger charge is -2.09. The minimum Gasteiger partial charge on any atom is -0.256 e. The molecule has 0 fully saturated rings. The van der Waals surface area contributed by atoms with Crippen LogP contribution < -0.4 is 0 Å². The lowest BCUT2D eigenvalue weighted by Crippen LogP contribution is -1.89. The summed E-state index contributed by atoms with van der Waals surface area (Å²) in [7, 11) is 0. The molecule has 2 heteroatoms. The Morgan fingerprint density at radius 2 is 1.31 bits per heavy atom. The molecule has 0 atom stereocenters. The monoisotopic (exact) mass is 332 g/mol. The Labute approximate surface area is 153 Å². The third-order valence-electron chi connectivity index (χ3n) is 4.39. The zero-order valence-corrected chi connectivity index (χ0v) is 14.1. The summed E-state index contributed by atoms with van der Waals surface area (Å²) in [6, 6.07) is 32.5. The summed E-state index contributed by atoms with van der Waals surface area (Å²) < 4.78 is 0. The Kier molecular flexibility index (Phi) is 4.28. The van der Waals surface area contributed by atoms with Crippen molar-refractivity contribution in [1.29, 1.82) is 5.26 Å². The number of pyridine rings is 1. The van der Waals surface area contributed by atoms with E-state index in [1.54, 1.807) is 0 Å². The van der Waals surface area contributed by atoms with E-state index < -0.39 is 0 Å². The number of aromatic nitrogens is 1. The Morgan fingerprint density at radius 3 is 2.00 bits per heavy atom. The van der Waals surface area contributed by atoms with E-state index in [1.165, 1.54) is 0 Å². The minimum absolute atomic E-state index is 0.666. The molecule has 0 N–H and O–H groups in total. The molecule has 1 aromatic heterocycles. The quantitative estimate of drug-likeness (QED) is 0.464. The predicted octanol–water partition coefficient (Wildman–Crippen LogP) is 5.95. The van der Waals surface area contributed by atoms with Crippen LogP contribution in [0.2, 0.25) is 0 Å². The van der Waals surface area contributed by atoms with Crippen LogP contribution in [0.4, 0.5) is 0 Å². The van der Waals surface area contributed by atoms with E-state index in [4.69, 9.17) is 0 Å². The van der Waals surface area contributed by atoms with Crippen LogP contribution in [0.3, 0.4) is 0 Å². The molecule has 2 nitrogen and oxygen atoms in total. The van der Waals surface area contributed by atoms with Crippen LogP contribution >= 0.6 is 0 Å². The first kappa shape index (κ1) is 15.8. The SMILES string of the molecule is N#Cc1ccc(-c2cc(-c3ccccc3)ccn2)cc1-c1ccccc1. The van der Waals surface area contributed by atoms with Crippen LogP contribution in [-0.2, 0) is 0 Å². The molecular weight excluding hydrogens is 316 g/mol. The molecule has 0 aliphatic rings. The molecule has 0 saturated carbocycles. The molecule has 4 rings (SSSR count). The van der Waals surface area contributed by atoms with Crippen LogP contribution in [0.5, 0.6) is 0 Å². The number of hydrogen-bond acceptors (Lipinski definition) is 2. The maximum atomic E-state index is 9.47. The fourth-order valence-corrected chi connectivity index (χ4v) is 3.06. The molecule has 0 aliphatic heterocycles. The summed E-state index contributed by atoms with van der Waals surface area (Å²) >= 11 is 0. The predicted molar refractivity (Wildman–Crippen MR) is 105 cm³/mol. The van der Waals surface area contributed by atoms with E-state index in [0.717, 1.165) is 33.5 Å². The molecule has 0 spiro atoms. The third kappa shape index (κ3) is 3.11. The summed E-state index contributed by atoms with van der Waals surface area (Å²) in [5.74, 6) is 0. The van der Waals surface area contributed by atoms with Crippen molar-refractivity contribution in [3.8, 4) is 39.6 Å². The number of nitrogens with zero attached hydrogens (tertiary/aromatic N) is 2. The van der Waals surface area contributed by atoms with Crippen LogP contribution in [0.1, 0.15) is 5.56 Å². The molecule has 0 radical (unpaired) electrons. The number of rotatable bonds is 3. The first-order valence-electron chi connectivity index (χ1n) is 8.46. The molecule has 3 aromatic carbocycles. The Balaban J connectivity index is 1.81. The van der Waals surface area contributed by atoms with E-state index in [1.807, 2.05) is 79.0 Å². The fraction of sp³-hybridized carbons (Fsp3) is 0. The highest BCUT2D eigenvalue weighted by Gasteiger charge is 2.09. The first-order chi connectivity index (χ1) is 12.8. The molecule has 122 valence electrons. The third-order valence-corrected chi connectivity index (χ3v) is 4.39. The smallest absolute Gasteiger partial charge is 0.0998 e. The second-order valence-corrected chi connectivity index (χ2v) is 6.03. The van der Waals surface area contributed by atoms with Gasteiger partial charge in [0.2, 0.25) is 0 Å². The van der Waals surface area contributed by atoms with Gasteiger partial charge in [-0.3, -0.25) is 4.98 Å². The van der Waals surface area contributed by atoms with Gasteiger partial charge in [0.1, 0.15) is 0 Å². The van der Waals surface area contributed by atoms with Gasteiger partial charge in [-0.1, -0.05) is 66.7 Å². The molecule has 0 saturated heterocycles. The molecule has 0 aliphatic carbocycles. The van der Waals surface area contributed by atoms with E-state index in [2.05, 4.69) is 29.3 Å². The van der Waals surface area contributed by atoms with Crippen molar-refractivity contribution >= 4 is 0 Å². The molecule has 0 bridgehead atoms. The summed E-state index contributed by atoms with van der Waals surface area (Å²) in [4.78, 5) is 4.54. The summed E-state index contributed by atoms with van der Waals surface area (Å²) in [5, 5.41) is 9.47. The van der Waals surface area contributed by atoms with Gasteiger partial charge in [-0.2, -0.15) is 5.26 Å². The van der Waals surface area contributed by atoms with Crippen LogP contribution in [0.15, 0.2) is 97.2 Å². The summed E-state index contributed by atoms with van der Waals surface area (Å²) in [6.07, 6.45) is 1.83. The van der Waals surface area contributed by atoms with Gasteiger partial charge in [-0.25, -0.2) is 0 Å². The van der Waals surface area contributed by atoms with Gasteiger partial charge < -0.3 is 0 Å². The highest BCUT2D eigenvalue weighted by molar-refractivity contribution is 5.78. The van der Waals surface area contributed by atoms with Gasteiger partial charge in [0, 0.05) is 17.3 Å². The largest absolute Gasteiger partial charge is 0.256 e. The van der Waals surface area contributed by atoms with E-state index in [-0.39, 0.29) is 0 Å². The van der Waals surface area contributed by atoms with Crippen molar-refractivity contribution < 1.29 is 0 Å². The van der Waals surface area contributed by atoms with Gasteiger partial charge in [0.15, 0.2) is 0 Å². The molecule has 1 heterocycles. The average Bonchev–Trinajstić information content (AvgIpc) is 2.74. The standard InChI is InChI=1S/C24H16N2/c25-17-22-12-11-21(15-23(22)19-9-5-2-6-10-19)24-16-20(13-14-26-24)18-7-3-1-4-8-18/h1-16H. The van der Waals surface area contributed by atoms with Gasteiger partial charge in [-0.05, 0) is 41.0 Å². The maximum Gasteiger partial charge on any atom is 0.0998 e. The van der Waals surface area contributed by atoms with Crippen molar-refractivity contribution in [2.24, 2.45) is 0 Å². The molecular formula is C24H16N2. The lowest BCUT2D eigenvalue weighted by molar-refractivity contribution is 1.32. The fourth-order valence-electron chi connectivity index (χ4n) is 3.06. The van der Waals surface area contributed by atoms with Crippen LogP contribution in [0, 0.1) is 11.3 Å². The molecule has 0 amide bonds. The topological polar surface area (TPSA) is 36.7 Å². The number of nitriles is 1. The van der Waals surface area contributed by atoms with Crippen molar-refractivity contribution in [3.05, 3.63) is 103 Å². The highest BCUT2D eigenvalue weighted by atomic mass is 14.7. The highest BCUT2D eigenvalue weighted by Crippen LogP contribution is 2.30. The summed E-state index contributed by atoms with van der Waals surface area (Å²) in [5.41, 5.74) is 6.81. The van der Waals surface area contributed by atoms with E-state index in [9.17, 15) is 5.26 Å². The van der Waals surface area contributed by atoms with Crippen molar-refractivity contribution in [1.82, 2.24) is 4.98 Å². The van der Waals surface area contributed by atoms with Crippen molar-refractivity contribution in [2.45, 2.75) is 0 Å². The number of hydrogen-bond donors (Lipinski definition) is 0. The zero-order chi connectivity index (χ0) is 17.8.